The number of carbonyl (C=O) groups excluding carboxylic acids is 1. The Balaban J connectivity index is 4.49. The van der Waals surface area contributed by atoms with Crippen molar-refractivity contribution >= 4 is 15.9 Å². The molecule has 0 fully saturated rings. The van der Waals surface area contributed by atoms with Crippen LogP contribution < -0.4 is 0 Å². The molecular weight excluding hydrogens is 166 g/mol. The van der Waals surface area contributed by atoms with E-state index >= 15 is 0 Å². The molecule has 0 unspecified atom stereocenters. The van der Waals surface area contributed by atoms with Crippen molar-refractivity contribution in [2.24, 2.45) is 4.99 Å². The molecule has 0 saturated heterocycles. The van der Waals surface area contributed by atoms with Crippen LogP contribution in [0.25, 0.3) is 0 Å². The van der Waals surface area contributed by atoms with E-state index in [0.717, 1.165) is 6.26 Å². The number of sulfone groups is 1. The van der Waals surface area contributed by atoms with Crippen LogP contribution in [0.15, 0.2) is 4.99 Å². The van der Waals surface area contributed by atoms with Crippen molar-refractivity contribution in [2.45, 2.75) is 19.4 Å². The molecule has 0 rings (SSSR count). The van der Waals surface area contributed by atoms with E-state index in [1.165, 1.54) is 6.08 Å². The number of isocyanates is 1. The van der Waals surface area contributed by atoms with E-state index in [-0.39, 0.29) is 5.75 Å². The third-order valence-corrected chi connectivity index (χ3v) is 2.19. The first-order chi connectivity index (χ1) is 4.77. The van der Waals surface area contributed by atoms with Crippen LogP contribution in [0.3, 0.4) is 0 Å². The summed E-state index contributed by atoms with van der Waals surface area (Å²) in [7, 11) is -3.08. The average molecular weight is 177 g/mol. The van der Waals surface area contributed by atoms with Crippen LogP contribution >= 0.6 is 0 Å². The van der Waals surface area contributed by atoms with Gasteiger partial charge >= 0.3 is 0 Å². The summed E-state index contributed by atoms with van der Waals surface area (Å²) >= 11 is 0. The number of hydrogen-bond donors (Lipinski definition) is 0. The molecule has 0 amide bonds. The molecule has 0 aliphatic rings. The number of hydrogen-bond acceptors (Lipinski definition) is 4. The average Bonchev–Trinajstić information content (AvgIpc) is 1.55. The van der Waals surface area contributed by atoms with Crippen LogP contribution in [-0.2, 0) is 14.6 Å². The highest BCUT2D eigenvalue weighted by Gasteiger charge is 2.22. The number of aliphatic imine (C=N–C) groups is 1. The predicted molar refractivity (Wildman–Crippen MR) is 41.9 cm³/mol. The van der Waals surface area contributed by atoms with Gasteiger partial charge in [-0.2, -0.15) is 4.99 Å². The van der Waals surface area contributed by atoms with Gasteiger partial charge in [0.2, 0.25) is 6.08 Å². The molecule has 0 aromatic rings. The van der Waals surface area contributed by atoms with Crippen LogP contribution in [0.1, 0.15) is 13.8 Å². The van der Waals surface area contributed by atoms with Crippen molar-refractivity contribution in [1.82, 2.24) is 0 Å². The largest absolute Gasteiger partial charge is 0.235 e. The Morgan fingerprint density at radius 3 is 2.18 bits per heavy atom. The van der Waals surface area contributed by atoms with E-state index in [4.69, 9.17) is 0 Å². The second-order valence-electron chi connectivity index (χ2n) is 3.09. The Bertz CT molecular complexity index is 272. The van der Waals surface area contributed by atoms with Crippen LogP contribution in [0.2, 0.25) is 0 Å². The minimum absolute atomic E-state index is 0.130. The zero-order chi connectivity index (χ0) is 9.12. The van der Waals surface area contributed by atoms with Gasteiger partial charge in [-0.05, 0) is 13.8 Å². The summed E-state index contributed by atoms with van der Waals surface area (Å²) in [6.45, 7) is 3.14. The molecule has 0 saturated carbocycles. The lowest BCUT2D eigenvalue weighted by Gasteiger charge is -2.14. The fourth-order valence-electron chi connectivity index (χ4n) is 0.797. The molecule has 0 atom stereocenters. The molecule has 0 aromatic heterocycles. The minimum Gasteiger partial charge on any atom is -0.229 e. The van der Waals surface area contributed by atoms with E-state index in [1.807, 2.05) is 0 Å². The van der Waals surface area contributed by atoms with Crippen LogP contribution in [0.4, 0.5) is 0 Å². The molecule has 0 aliphatic heterocycles. The Kier molecular flexibility index (Phi) is 2.96. The molecule has 0 aromatic carbocycles. The van der Waals surface area contributed by atoms with Crippen molar-refractivity contribution in [3.63, 3.8) is 0 Å². The van der Waals surface area contributed by atoms with E-state index < -0.39 is 15.4 Å². The molecule has 4 nitrogen and oxygen atoms in total. The third kappa shape index (κ3) is 5.76. The molecule has 0 N–H and O–H groups in total. The molecule has 0 spiro atoms. The van der Waals surface area contributed by atoms with Gasteiger partial charge in [-0.3, -0.25) is 0 Å². The Morgan fingerprint density at radius 2 is 1.91 bits per heavy atom. The third-order valence-electron chi connectivity index (χ3n) is 0.964. The second-order valence-corrected chi connectivity index (χ2v) is 5.23. The van der Waals surface area contributed by atoms with Crippen molar-refractivity contribution in [3.05, 3.63) is 0 Å². The Morgan fingerprint density at radius 1 is 1.45 bits per heavy atom. The van der Waals surface area contributed by atoms with Gasteiger partial charge in [0.25, 0.3) is 0 Å². The van der Waals surface area contributed by atoms with Crippen molar-refractivity contribution in [3.8, 4) is 0 Å². The highest BCUT2D eigenvalue weighted by atomic mass is 32.2. The van der Waals surface area contributed by atoms with E-state index in [2.05, 4.69) is 4.99 Å². The molecule has 5 heteroatoms. The SMILES string of the molecule is CC(C)(CS(C)(=O)=O)N=C=O. The van der Waals surface area contributed by atoms with Gasteiger partial charge in [-0.15, -0.1) is 0 Å². The summed E-state index contributed by atoms with van der Waals surface area (Å²) in [4.78, 5) is 13.2. The minimum atomic E-state index is -3.08. The van der Waals surface area contributed by atoms with Gasteiger partial charge in [0.15, 0.2) is 0 Å². The van der Waals surface area contributed by atoms with Crippen LogP contribution in [0.5, 0.6) is 0 Å². The lowest BCUT2D eigenvalue weighted by atomic mass is 10.1. The molecule has 11 heavy (non-hydrogen) atoms. The van der Waals surface area contributed by atoms with E-state index in [9.17, 15) is 13.2 Å². The molecule has 0 aliphatic carbocycles. The van der Waals surface area contributed by atoms with Gasteiger partial charge in [0.1, 0.15) is 9.84 Å². The highest BCUT2D eigenvalue weighted by Crippen LogP contribution is 2.10. The zero-order valence-corrected chi connectivity index (χ0v) is 7.60. The number of rotatable bonds is 3. The predicted octanol–water partition coefficient (Wildman–Crippen LogP) is 0.145. The van der Waals surface area contributed by atoms with Crippen LogP contribution in [-0.4, -0.2) is 32.0 Å². The first kappa shape index (κ1) is 10.3. The summed E-state index contributed by atoms with van der Waals surface area (Å²) in [5, 5.41) is 0. The van der Waals surface area contributed by atoms with Gasteiger partial charge in [-0.1, -0.05) is 0 Å². The summed E-state index contributed by atoms with van der Waals surface area (Å²) in [5.41, 5.74) is -0.852. The van der Waals surface area contributed by atoms with E-state index in [1.54, 1.807) is 13.8 Å². The normalized spacial score (nSPS) is 12.3. The maximum Gasteiger partial charge on any atom is 0.235 e. The number of nitrogens with zero attached hydrogens (tertiary/aromatic N) is 1. The van der Waals surface area contributed by atoms with Gasteiger partial charge in [-0.25, -0.2) is 13.2 Å². The van der Waals surface area contributed by atoms with Gasteiger partial charge in [0, 0.05) is 6.26 Å². The monoisotopic (exact) mass is 177 g/mol. The molecular formula is C6H11NO3S. The van der Waals surface area contributed by atoms with Crippen LogP contribution in [0, 0.1) is 0 Å². The maximum atomic E-state index is 10.7. The Hall–Kier alpha value is -0.670. The quantitative estimate of drug-likeness (QED) is 0.455. The Labute approximate surface area is 66.2 Å². The second kappa shape index (κ2) is 3.15. The first-order valence-corrected chi connectivity index (χ1v) is 5.10. The highest BCUT2D eigenvalue weighted by molar-refractivity contribution is 7.90. The smallest absolute Gasteiger partial charge is 0.229 e. The van der Waals surface area contributed by atoms with E-state index in [0.29, 0.717) is 0 Å². The van der Waals surface area contributed by atoms with Crippen molar-refractivity contribution < 1.29 is 13.2 Å². The van der Waals surface area contributed by atoms with Crippen molar-refractivity contribution in [2.75, 3.05) is 12.0 Å². The van der Waals surface area contributed by atoms with Crippen molar-refractivity contribution in [1.29, 1.82) is 0 Å². The summed E-state index contributed by atoms with van der Waals surface area (Å²) < 4.78 is 21.5. The lowest BCUT2D eigenvalue weighted by molar-refractivity contribution is 0.527. The molecule has 64 valence electrons. The first-order valence-electron chi connectivity index (χ1n) is 3.04. The molecule has 0 heterocycles. The standard InChI is InChI=1S/C6H11NO3S/c1-6(2,7-5-8)4-11(3,9)10/h4H2,1-3H3. The van der Waals surface area contributed by atoms with Gasteiger partial charge < -0.3 is 0 Å². The maximum absolute atomic E-state index is 10.7. The summed E-state index contributed by atoms with van der Waals surface area (Å²) in [6.07, 6.45) is 2.45. The lowest BCUT2D eigenvalue weighted by Crippen LogP contribution is -2.27. The topological polar surface area (TPSA) is 63.6 Å². The fraction of sp³-hybridized carbons (Fsp3) is 0.833. The zero-order valence-electron chi connectivity index (χ0n) is 6.79. The fourth-order valence-corrected chi connectivity index (χ4v) is 2.15. The molecule has 0 radical (unpaired) electrons. The summed E-state index contributed by atoms with van der Waals surface area (Å²) in [6, 6.07) is 0. The summed E-state index contributed by atoms with van der Waals surface area (Å²) in [5.74, 6) is -0.130. The van der Waals surface area contributed by atoms with Gasteiger partial charge in [0.05, 0.1) is 11.3 Å². The molecule has 0 bridgehead atoms.